The Kier molecular flexibility index (Phi) is 8.27. The number of thiazole rings is 1. The lowest BCUT2D eigenvalue weighted by Crippen LogP contribution is -2.27. The van der Waals surface area contributed by atoms with Gasteiger partial charge in [-0.15, -0.1) is 11.3 Å². The molecule has 0 aliphatic heterocycles. The summed E-state index contributed by atoms with van der Waals surface area (Å²) in [6.45, 7) is 16.6. The van der Waals surface area contributed by atoms with E-state index in [1.54, 1.807) is 11.3 Å². The molecule has 0 atom stereocenters. The van der Waals surface area contributed by atoms with Crippen LogP contribution in [-0.4, -0.2) is 24.1 Å². The van der Waals surface area contributed by atoms with Gasteiger partial charge in [0.25, 0.3) is 0 Å². The molecule has 0 spiro atoms. The first-order valence-electron chi connectivity index (χ1n) is 8.31. The zero-order valence-corrected chi connectivity index (χ0v) is 15.5. The molecule has 21 heavy (non-hydrogen) atoms. The number of hydrogen-bond acceptors (Lipinski definition) is 4. The molecule has 0 aliphatic rings. The van der Waals surface area contributed by atoms with Gasteiger partial charge in [0.1, 0.15) is 0 Å². The van der Waals surface area contributed by atoms with Crippen LogP contribution in [0.15, 0.2) is 5.38 Å². The molecule has 1 rings (SSSR count). The van der Waals surface area contributed by atoms with Crippen molar-refractivity contribution in [2.24, 2.45) is 11.8 Å². The van der Waals surface area contributed by atoms with E-state index >= 15 is 0 Å². The molecule has 1 aromatic heterocycles. The Balaban J connectivity index is 2.63. The maximum atomic E-state index is 4.82. The Labute approximate surface area is 135 Å². The van der Waals surface area contributed by atoms with Crippen LogP contribution in [0.1, 0.15) is 60.1 Å². The van der Waals surface area contributed by atoms with E-state index in [-0.39, 0.29) is 0 Å². The summed E-state index contributed by atoms with van der Waals surface area (Å²) in [6.07, 6.45) is 2.47. The first-order valence-corrected chi connectivity index (χ1v) is 9.19. The zero-order chi connectivity index (χ0) is 15.8. The summed E-state index contributed by atoms with van der Waals surface area (Å²) in [5, 5.41) is 6.83. The zero-order valence-electron chi connectivity index (χ0n) is 14.6. The normalized spacial score (nSPS) is 11.9. The lowest BCUT2D eigenvalue weighted by atomic mass is 10.1. The van der Waals surface area contributed by atoms with Crippen molar-refractivity contribution < 1.29 is 0 Å². The average Bonchev–Trinajstić information content (AvgIpc) is 2.84. The van der Waals surface area contributed by atoms with E-state index in [2.05, 4.69) is 57.1 Å². The molecule has 4 heteroatoms. The molecule has 0 bridgehead atoms. The first kappa shape index (κ1) is 18.4. The quantitative estimate of drug-likeness (QED) is 0.687. The van der Waals surface area contributed by atoms with E-state index in [9.17, 15) is 0 Å². The number of nitrogens with one attached hydrogen (secondary N) is 1. The third-order valence-corrected chi connectivity index (χ3v) is 4.40. The van der Waals surface area contributed by atoms with Gasteiger partial charge in [0.15, 0.2) is 5.13 Å². The Hall–Kier alpha value is -0.610. The largest absolute Gasteiger partial charge is 0.348 e. The van der Waals surface area contributed by atoms with Gasteiger partial charge < -0.3 is 10.2 Å². The van der Waals surface area contributed by atoms with Crippen molar-refractivity contribution >= 4 is 16.5 Å². The van der Waals surface area contributed by atoms with Crippen molar-refractivity contribution in [3.63, 3.8) is 0 Å². The van der Waals surface area contributed by atoms with Crippen LogP contribution < -0.4 is 10.2 Å². The van der Waals surface area contributed by atoms with E-state index in [1.165, 1.54) is 23.7 Å². The van der Waals surface area contributed by atoms with Gasteiger partial charge >= 0.3 is 0 Å². The molecular weight excluding hydrogens is 278 g/mol. The minimum atomic E-state index is 0.508. The van der Waals surface area contributed by atoms with Gasteiger partial charge in [-0.2, -0.15) is 0 Å². The Morgan fingerprint density at radius 1 is 1.05 bits per heavy atom. The highest BCUT2D eigenvalue weighted by Gasteiger charge is 2.12. The summed E-state index contributed by atoms with van der Waals surface area (Å²) in [4.78, 5) is 7.30. The standard InChI is InChI=1S/C17H33N3S/c1-13(2)7-9-20(10-8-14(3)4)17-19-16(12-21-17)11-18-15(5)6/h12-15,18H,7-11H2,1-6H3. The van der Waals surface area contributed by atoms with Crippen LogP contribution in [0.2, 0.25) is 0 Å². The molecule has 0 fully saturated rings. The lowest BCUT2D eigenvalue weighted by Gasteiger charge is -2.23. The van der Waals surface area contributed by atoms with Gasteiger partial charge in [0.2, 0.25) is 0 Å². The topological polar surface area (TPSA) is 28.2 Å². The van der Waals surface area contributed by atoms with Gasteiger partial charge in [-0.05, 0) is 24.7 Å². The SMILES string of the molecule is CC(C)CCN(CCC(C)C)c1nc(CNC(C)C)cs1. The Bertz CT molecular complexity index is 373. The number of anilines is 1. The summed E-state index contributed by atoms with van der Waals surface area (Å²) in [7, 11) is 0. The maximum absolute atomic E-state index is 4.82. The van der Waals surface area contributed by atoms with Gasteiger partial charge in [0, 0.05) is 31.1 Å². The van der Waals surface area contributed by atoms with Gasteiger partial charge in [0.05, 0.1) is 5.69 Å². The van der Waals surface area contributed by atoms with Gasteiger partial charge in [-0.3, -0.25) is 0 Å². The fourth-order valence-electron chi connectivity index (χ4n) is 1.96. The molecule has 1 aromatic rings. The number of nitrogens with zero attached hydrogens (tertiary/aromatic N) is 2. The predicted molar refractivity (Wildman–Crippen MR) is 95.2 cm³/mol. The van der Waals surface area contributed by atoms with Crippen molar-refractivity contribution in [3.05, 3.63) is 11.1 Å². The predicted octanol–water partition coefficient (Wildman–Crippen LogP) is 4.54. The number of hydrogen-bond donors (Lipinski definition) is 1. The van der Waals surface area contributed by atoms with Crippen LogP contribution in [0.5, 0.6) is 0 Å². The second kappa shape index (κ2) is 9.42. The molecule has 0 aliphatic carbocycles. The van der Waals surface area contributed by atoms with Crippen LogP contribution in [0.25, 0.3) is 0 Å². The van der Waals surface area contributed by atoms with E-state index < -0.39 is 0 Å². The minimum absolute atomic E-state index is 0.508. The molecule has 3 nitrogen and oxygen atoms in total. The molecule has 0 amide bonds. The summed E-state index contributed by atoms with van der Waals surface area (Å²) >= 11 is 1.79. The third-order valence-electron chi connectivity index (χ3n) is 3.45. The molecule has 1 heterocycles. The Morgan fingerprint density at radius 2 is 1.62 bits per heavy atom. The first-order chi connectivity index (χ1) is 9.88. The number of aromatic nitrogens is 1. The lowest BCUT2D eigenvalue weighted by molar-refractivity contribution is 0.534. The van der Waals surface area contributed by atoms with E-state index in [1.807, 2.05) is 0 Å². The summed E-state index contributed by atoms with van der Waals surface area (Å²) in [5.41, 5.74) is 1.17. The summed E-state index contributed by atoms with van der Waals surface area (Å²) < 4.78 is 0. The van der Waals surface area contributed by atoms with Crippen molar-refractivity contribution in [3.8, 4) is 0 Å². The van der Waals surface area contributed by atoms with Crippen molar-refractivity contribution in [2.45, 2.75) is 67.0 Å². The summed E-state index contributed by atoms with van der Waals surface area (Å²) in [5.74, 6) is 1.49. The van der Waals surface area contributed by atoms with E-state index in [0.29, 0.717) is 6.04 Å². The minimum Gasteiger partial charge on any atom is -0.348 e. The summed E-state index contributed by atoms with van der Waals surface area (Å²) in [6, 6.07) is 0.508. The molecule has 0 unspecified atom stereocenters. The van der Waals surface area contributed by atoms with Gasteiger partial charge in [-0.1, -0.05) is 41.5 Å². The molecule has 0 radical (unpaired) electrons. The fraction of sp³-hybridized carbons (Fsp3) is 0.824. The van der Waals surface area contributed by atoms with Crippen LogP contribution in [0.3, 0.4) is 0 Å². The number of rotatable bonds is 10. The highest BCUT2D eigenvalue weighted by molar-refractivity contribution is 7.13. The Morgan fingerprint density at radius 3 is 2.10 bits per heavy atom. The van der Waals surface area contributed by atoms with Crippen LogP contribution in [-0.2, 0) is 6.54 Å². The van der Waals surface area contributed by atoms with E-state index in [0.717, 1.165) is 31.5 Å². The van der Waals surface area contributed by atoms with Crippen LogP contribution in [0, 0.1) is 11.8 Å². The smallest absolute Gasteiger partial charge is 0.185 e. The highest BCUT2D eigenvalue weighted by atomic mass is 32.1. The van der Waals surface area contributed by atoms with Gasteiger partial charge in [-0.25, -0.2) is 4.98 Å². The van der Waals surface area contributed by atoms with Crippen molar-refractivity contribution in [1.82, 2.24) is 10.3 Å². The fourth-order valence-corrected chi connectivity index (χ4v) is 2.84. The molecule has 0 saturated carbocycles. The molecular formula is C17H33N3S. The molecule has 0 aromatic carbocycles. The van der Waals surface area contributed by atoms with Crippen molar-refractivity contribution in [1.29, 1.82) is 0 Å². The van der Waals surface area contributed by atoms with Crippen LogP contribution >= 0.6 is 11.3 Å². The van der Waals surface area contributed by atoms with Crippen LogP contribution in [0.4, 0.5) is 5.13 Å². The highest BCUT2D eigenvalue weighted by Crippen LogP contribution is 2.22. The third kappa shape index (κ3) is 7.82. The second-order valence-corrected chi connectivity index (χ2v) is 7.85. The molecule has 122 valence electrons. The average molecular weight is 312 g/mol. The molecule has 0 saturated heterocycles. The monoisotopic (exact) mass is 311 g/mol. The second-order valence-electron chi connectivity index (χ2n) is 7.01. The van der Waals surface area contributed by atoms with E-state index in [4.69, 9.17) is 4.98 Å². The van der Waals surface area contributed by atoms with Crippen molar-refractivity contribution in [2.75, 3.05) is 18.0 Å². The maximum Gasteiger partial charge on any atom is 0.185 e. The molecule has 1 N–H and O–H groups in total.